The van der Waals surface area contributed by atoms with Crippen LogP contribution in [-0.2, 0) is 38.9 Å². The van der Waals surface area contributed by atoms with Gasteiger partial charge in [0.05, 0.1) is 69.9 Å². The molecule has 0 aliphatic heterocycles. The van der Waals surface area contributed by atoms with Crippen LogP contribution in [0.3, 0.4) is 0 Å². The molecule has 4 aromatic rings. The molecule has 0 unspecified atom stereocenters. The predicted molar refractivity (Wildman–Crippen MR) is 221 cm³/mol. The fraction of sp³-hybridized carbons (Fsp3) is 0.214. The Morgan fingerprint density at radius 3 is 0.694 bits per heavy atom. The second-order valence-electron chi connectivity index (χ2n) is 14.0. The van der Waals surface area contributed by atoms with E-state index in [0.29, 0.717) is 33.4 Å². The van der Waals surface area contributed by atoms with E-state index in [0.717, 1.165) is 36.4 Å². The number of aromatic carboxylic acids is 6. The molecule has 0 fully saturated rings. The summed E-state index contributed by atoms with van der Waals surface area (Å²) in [4.78, 5) is 109. The second-order valence-corrected chi connectivity index (χ2v) is 14.0. The Morgan fingerprint density at radius 2 is 0.528 bits per heavy atom. The minimum absolute atomic E-state index is 0. The van der Waals surface area contributed by atoms with Crippen molar-refractivity contribution in [2.45, 2.75) is 59.7 Å². The summed E-state index contributed by atoms with van der Waals surface area (Å²) >= 11 is 0. The number of carboxylic acids is 6. The van der Waals surface area contributed by atoms with Crippen molar-refractivity contribution in [2.24, 2.45) is 0 Å². The first-order valence-electron chi connectivity index (χ1n) is 19.4. The van der Waals surface area contributed by atoms with E-state index in [2.05, 4.69) is 31.9 Å². The first kappa shape index (κ1) is 73.2. The van der Waals surface area contributed by atoms with Crippen LogP contribution in [0, 0.1) is 0 Å². The summed E-state index contributed by atoms with van der Waals surface area (Å²) in [6.07, 6.45) is 0.811. The zero-order chi connectivity index (χ0) is 49.3. The van der Waals surface area contributed by atoms with Crippen LogP contribution in [-0.4, -0.2) is 53.9 Å². The number of rotatable bonds is 18. The molecule has 4 rings (SSSR count). The minimum Gasteiger partial charge on any atom is -0.545 e. The molecule has 0 bridgehead atoms. The van der Waals surface area contributed by atoms with E-state index >= 15 is 0 Å². The van der Waals surface area contributed by atoms with Crippen LogP contribution in [0.15, 0.2) is 36.4 Å². The maximum atomic E-state index is 13.3. The van der Waals surface area contributed by atoms with Crippen molar-refractivity contribution in [3.63, 3.8) is 0 Å². The van der Waals surface area contributed by atoms with E-state index in [4.69, 9.17) is 17.2 Å². The van der Waals surface area contributed by atoms with Gasteiger partial charge in [0.25, 0.3) is 0 Å². The normalized spacial score (nSPS) is 9.71. The van der Waals surface area contributed by atoms with Gasteiger partial charge in [-0.15, -0.1) is 0 Å². The summed E-state index contributed by atoms with van der Waals surface area (Å²) < 4.78 is 0. The Bertz CT molecular complexity index is 2440. The number of carboxylic acid groups (broad SMARTS) is 6. The number of nitrogens with one attached hydrogen (secondary N) is 6. The molecule has 0 aliphatic carbocycles. The number of nitrogens with two attached hydrogens (primary N) is 3. The molecule has 4 aromatic carbocycles. The topological polar surface area (TPSA) is 442 Å². The molecule has 0 radical (unpaired) electrons. The summed E-state index contributed by atoms with van der Waals surface area (Å²) in [6.45, 7) is 4.53. The van der Waals surface area contributed by atoms with Gasteiger partial charge in [0.1, 0.15) is 0 Å². The summed E-state index contributed by atoms with van der Waals surface area (Å²) in [6, 6.07) is 1.83. The van der Waals surface area contributed by atoms with E-state index in [1.807, 2.05) is 0 Å². The van der Waals surface area contributed by atoms with Crippen molar-refractivity contribution in [2.75, 3.05) is 33.2 Å². The number of hydrogen-bond acceptors (Lipinski definition) is 18. The third kappa shape index (κ3) is 18.3. The average molecular weight is 1050 g/mol. The van der Waals surface area contributed by atoms with Gasteiger partial charge in [-0.05, 0) is 89.0 Å². The number of nitrogen functional groups attached to an aromatic ring is 3. The van der Waals surface area contributed by atoms with Gasteiger partial charge < -0.3 is 109 Å². The van der Waals surface area contributed by atoms with Crippen LogP contribution in [0.25, 0.3) is 0 Å². The SMILES string of the molecule is CCc1c(CNC(=O)Nc2cc(C(=O)[O-])c(C(=O)[O-])cc2N)c(CC)c(CNC(=O)Nc2cc(C(=O)[O-])c(C(=O)[O-])cc2N)c(CC)c1CNC(=O)Nc1cc(C(=O)[O-])c(C(=O)[O-])cc1N.[Na+].[Na+].[Na+].[Na+].[Na+].[Na+]. The number of anilines is 6. The Hall–Kier alpha value is -3.09. The van der Waals surface area contributed by atoms with Gasteiger partial charge in [0, 0.05) is 53.0 Å². The van der Waals surface area contributed by atoms with E-state index in [-0.39, 0.29) is 250 Å². The molecule has 12 N–H and O–H groups in total. The van der Waals surface area contributed by atoms with Gasteiger partial charge in [-0.3, -0.25) is 0 Å². The monoisotopic (exact) mass is 1050 g/mol. The summed E-state index contributed by atoms with van der Waals surface area (Å²) in [5.74, 6) is -11.3. The second kappa shape index (κ2) is 33.1. The fourth-order valence-electron chi connectivity index (χ4n) is 7.21. The largest absolute Gasteiger partial charge is 1.00 e. The Kier molecular flexibility index (Phi) is 33.6. The summed E-state index contributed by atoms with van der Waals surface area (Å²) in [7, 11) is 0. The summed E-state index contributed by atoms with van der Waals surface area (Å²) in [5.41, 5.74) is 14.2. The van der Waals surface area contributed by atoms with Crippen LogP contribution in [0.1, 0.15) is 116 Å². The molecule has 0 heterocycles. The Morgan fingerprint density at radius 1 is 0.347 bits per heavy atom. The first-order valence-corrected chi connectivity index (χ1v) is 19.4. The van der Waals surface area contributed by atoms with Crippen molar-refractivity contribution >= 4 is 88.0 Å². The molecule has 0 aromatic heterocycles. The first-order chi connectivity index (χ1) is 31.0. The number of amides is 6. The molecule has 0 spiro atoms. The summed E-state index contributed by atoms with van der Waals surface area (Å²) in [5, 5.41) is 84.4. The number of benzene rings is 4. The third-order valence-electron chi connectivity index (χ3n) is 10.2. The number of urea groups is 3. The molecule has 0 saturated heterocycles. The van der Waals surface area contributed by atoms with Crippen molar-refractivity contribution < 1.29 is 251 Å². The number of hydrogen-bond donors (Lipinski definition) is 9. The maximum Gasteiger partial charge on any atom is 1.00 e. The standard InChI is InChI=1S/C42H45N9O15.6Na/c1-4-16-25(13-46-40(64)49-31-10-22(37(58)59)19(34(52)53)7-28(31)43)17(5-2)27(15-48-42(66)51-33-12-24(39(62)63)21(36(56)57)9-30(33)45)18(6-3)26(16)14-47-41(65)50-32-11-23(38(60)61)20(35(54)55)8-29(32)44;;;;;;/h7-12H,4-6,13-15,43-45H2,1-3H3,(H,52,53)(H,54,55)(H,56,57)(H,58,59)(H,60,61)(H,62,63)(H2,46,49,64)(H2,47,50,65)(H2,48,51,66);;;;;;/q;6*+1/p-6. The van der Waals surface area contributed by atoms with Crippen LogP contribution in [0.4, 0.5) is 48.5 Å². The zero-order valence-corrected chi connectivity index (χ0v) is 53.1. The van der Waals surface area contributed by atoms with Gasteiger partial charge in [-0.1, -0.05) is 20.8 Å². The fourth-order valence-corrected chi connectivity index (χ4v) is 7.21. The third-order valence-corrected chi connectivity index (χ3v) is 10.2. The molecule has 6 amide bonds. The Labute approximate surface area is 543 Å². The van der Waals surface area contributed by atoms with Crippen LogP contribution < -0.4 is 257 Å². The number of carbonyl (C=O) groups is 9. The van der Waals surface area contributed by atoms with Gasteiger partial charge in [-0.2, -0.15) is 0 Å². The minimum atomic E-state index is -1.89. The quantitative estimate of drug-likeness (QED) is 0.0330. The van der Waals surface area contributed by atoms with E-state index in [1.54, 1.807) is 20.8 Å². The van der Waals surface area contributed by atoms with Crippen LogP contribution in [0.2, 0.25) is 0 Å². The van der Waals surface area contributed by atoms with Crippen molar-refractivity contribution in [3.05, 3.63) is 103 Å². The van der Waals surface area contributed by atoms with Crippen molar-refractivity contribution in [1.29, 1.82) is 0 Å². The van der Waals surface area contributed by atoms with Gasteiger partial charge in [0.15, 0.2) is 0 Å². The van der Waals surface area contributed by atoms with Crippen molar-refractivity contribution in [3.8, 4) is 0 Å². The smallest absolute Gasteiger partial charge is 0.545 e. The molecule has 30 heteroatoms. The van der Waals surface area contributed by atoms with Crippen molar-refractivity contribution in [1.82, 2.24) is 16.0 Å². The average Bonchev–Trinajstić information content (AvgIpc) is 3.24. The van der Waals surface area contributed by atoms with Crippen LogP contribution >= 0.6 is 0 Å². The van der Waals surface area contributed by atoms with E-state index < -0.39 is 87.3 Å². The number of carbonyl (C=O) groups excluding carboxylic acids is 9. The zero-order valence-electron chi connectivity index (χ0n) is 41.1. The van der Waals surface area contributed by atoms with Crippen LogP contribution in [0.5, 0.6) is 0 Å². The molecular formula is C42H39N9Na6O15. The molecule has 0 saturated carbocycles. The Balaban J connectivity index is -0.00000793. The van der Waals surface area contributed by atoms with Gasteiger partial charge >= 0.3 is 195 Å². The van der Waals surface area contributed by atoms with E-state index in [9.17, 15) is 73.8 Å². The molecular weight excluding hydrogens is 1010 g/mol. The van der Waals surface area contributed by atoms with Gasteiger partial charge in [-0.25, -0.2) is 14.4 Å². The van der Waals surface area contributed by atoms with Gasteiger partial charge in [0.2, 0.25) is 0 Å². The molecule has 0 atom stereocenters. The molecule has 72 heavy (non-hydrogen) atoms. The molecule has 0 aliphatic rings. The molecule has 348 valence electrons. The predicted octanol–water partition coefficient (Wildman–Crippen LogP) is -21.7. The van der Waals surface area contributed by atoms with E-state index in [1.165, 1.54) is 0 Å². The maximum absolute atomic E-state index is 13.3. The molecule has 24 nitrogen and oxygen atoms in total.